The van der Waals surface area contributed by atoms with E-state index in [0.29, 0.717) is 41.6 Å². The van der Waals surface area contributed by atoms with Crippen LogP contribution < -0.4 is 29.7 Å². The molecule has 1 heterocycles. The van der Waals surface area contributed by atoms with Gasteiger partial charge in [0.15, 0.2) is 11.5 Å². The van der Waals surface area contributed by atoms with Gasteiger partial charge in [-0.25, -0.2) is 0 Å². The van der Waals surface area contributed by atoms with Crippen LogP contribution in [0.15, 0.2) is 30.3 Å². The minimum absolute atomic E-state index is 0.143. The van der Waals surface area contributed by atoms with Crippen LogP contribution in [0.4, 0.5) is 11.4 Å². The molecule has 2 aromatic rings. The van der Waals surface area contributed by atoms with E-state index in [2.05, 4.69) is 17.6 Å². The molecule has 8 heteroatoms. The molecule has 3 rings (SSSR count). The van der Waals surface area contributed by atoms with Crippen molar-refractivity contribution in [1.29, 1.82) is 0 Å². The second kappa shape index (κ2) is 10.1. The Labute approximate surface area is 182 Å². The molecule has 8 nitrogen and oxygen atoms in total. The highest BCUT2D eigenvalue weighted by atomic mass is 16.5. The minimum Gasteiger partial charge on any atom is -0.493 e. The lowest BCUT2D eigenvalue weighted by atomic mass is 10.1. The summed E-state index contributed by atoms with van der Waals surface area (Å²) in [4.78, 5) is 26.7. The standard InChI is InChI=1S/C23H29N3O5/c1-5-6-11-24-23(28)15-7-9-18-17(12-15)25-20(27)14-26(18)13-16-8-10-19(29-2)22(31-4)21(16)30-3/h7-10,12H,5-6,11,13-14H2,1-4H3,(H,24,28)(H,25,27). The molecular formula is C23H29N3O5. The van der Waals surface area contributed by atoms with Gasteiger partial charge in [0.25, 0.3) is 5.91 Å². The lowest BCUT2D eigenvalue weighted by Gasteiger charge is -2.32. The number of carbonyl (C=O) groups excluding carboxylic acids is 2. The number of nitrogens with one attached hydrogen (secondary N) is 2. The molecule has 0 aromatic heterocycles. The Morgan fingerprint density at radius 2 is 1.87 bits per heavy atom. The van der Waals surface area contributed by atoms with Crippen LogP contribution in [-0.4, -0.2) is 46.2 Å². The molecule has 0 fully saturated rings. The van der Waals surface area contributed by atoms with E-state index in [-0.39, 0.29) is 18.4 Å². The van der Waals surface area contributed by atoms with E-state index in [1.54, 1.807) is 33.5 Å². The molecule has 0 aliphatic carbocycles. The molecule has 31 heavy (non-hydrogen) atoms. The average Bonchev–Trinajstić information content (AvgIpc) is 2.78. The van der Waals surface area contributed by atoms with Gasteiger partial charge in [0.05, 0.1) is 39.2 Å². The van der Waals surface area contributed by atoms with Gasteiger partial charge in [-0.15, -0.1) is 0 Å². The summed E-state index contributed by atoms with van der Waals surface area (Å²) < 4.78 is 16.4. The van der Waals surface area contributed by atoms with Gasteiger partial charge in [-0.2, -0.15) is 0 Å². The van der Waals surface area contributed by atoms with Crippen LogP contribution in [0.1, 0.15) is 35.7 Å². The first-order valence-electron chi connectivity index (χ1n) is 10.3. The number of anilines is 2. The molecular weight excluding hydrogens is 398 g/mol. The molecule has 0 unspecified atom stereocenters. The van der Waals surface area contributed by atoms with Crippen LogP contribution >= 0.6 is 0 Å². The van der Waals surface area contributed by atoms with Gasteiger partial charge < -0.3 is 29.7 Å². The third-order valence-corrected chi connectivity index (χ3v) is 5.17. The maximum Gasteiger partial charge on any atom is 0.251 e. The third-order valence-electron chi connectivity index (χ3n) is 5.17. The zero-order chi connectivity index (χ0) is 22.4. The summed E-state index contributed by atoms with van der Waals surface area (Å²) in [7, 11) is 4.69. The molecule has 2 amide bonds. The number of ether oxygens (including phenoxy) is 3. The molecule has 0 saturated carbocycles. The van der Waals surface area contributed by atoms with Crippen LogP contribution in [0, 0.1) is 0 Å². The predicted octanol–water partition coefficient (Wildman–Crippen LogP) is 3.20. The van der Waals surface area contributed by atoms with Gasteiger partial charge >= 0.3 is 0 Å². The topological polar surface area (TPSA) is 89.1 Å². The molecule has 0 spiro atoms. The first kappa shape index (κ1) is 22.3. The van der Waals surface area contributed by atoms with Gasteiger partial charge in [0.2, 0.25) is 11.7 Å². The van der Waals surface area contributed by atoms with Crippen LogP contribution in [0.2, 0.25) is 0 Å². The second-order valence-electron chi connectivity index (χ2n) is 7.24. The first-order valence-corrected chi connectivity index (χ1v) is 10.3. The maximum atomic E-state index is 12.4. The van der Waals surface area contributed by atoms with Crippen molar-refractivity contribution in [2.24, 2.45) is 0 Å². The van der Waals surface area contributed by atoms with Crippen molar-refractivity contribution in [3.05, 3.63) is 41.5 Å². The zero-order valence-electron chi connectivity index (χ0n) is 18.4. The highest BCUT2D eigenvalue weighted by molar-refractivity contribution is 6.04. The second-order valence-corrected chi connectivity index (χ2v) is 7.24. The Bertz CT molecular complexity index is 960. The highest BCUT2D eigenvalue weighted by Gasteiger charge is 2.25. The van der Waals surface area contributed by atoms with Gasteiger partial charge in [0.1, 0.15) is 0 Å². The summed E-state index contributed by atoms with van der Waals surface area (Å²) in [6.07, 6.45) is 1.93. The summed E-state index contributed by atoms with van der Waals surface area (Å²) in [5, 5.41) is 5.77. The Morgan fingerprint density at radius 3 is 2.55 bits per heavy atom. The zero-order valence-corrected chi connectivity index (χ0v) is 18.4. The lowest BCUT2D eigenvalue weighted by Crippen LogP contribution is -2.38. The SMILES string of the molecule is CCCCNC(=O)c1ccc2c(c1)NC(=O)CN2Cc1ccc(OC)c(OC)c1OC. The normalized spacial score (nSPS) is 12.6. The van der Waals surface area contributed by atoms with Crippen LogP contribution in [0.25, 0.3) is 0 Å². The maximum absolute atomic E-state index is 12.4. The van der Waals surface area contributed by atoms with Crippen molar-refractivity contribution >= 4 is 23.2 Å². The van der Waals surface area contributed by atoms with E-state index in [0.717, 1.165) is 24.1 Å². The van der Waals surface area contributed by atoms with Crippen molar-refractivity contribution in [1.82, 2.24) is 5.32 Å². The fraction of sp³-hybridized carbons (Fsp3) is 0.391. The Morgan fingerprint density at radius 1 is 1.10 bits per heavy atom. The number of hydrogen-bond acceptors (Lipinski definition) is 6. The van der Waals surface area contributed by atoms with E-state index in [4.69, 9.17) is 14.2 Å². The fourth-order valence-electron chi connectivity index (χ4n) is 3.62. The van der Waals surface area contributed by atoms with E-state index in [1.807, 2.05) is 23.1 Å². The summed E-state index contributed by atoms with van der Waals surface area (Å²) in [6.45, 7) is 3.31. The number of hydrogen-bond donors (Lipinski definition) is 2. The van der Waals surface area contributed by atoms with Gasteiger partial charge in [-0.05, 0) is 36.8 Å². The number of benzene rings is 2. The van der Waals surface area contributed by atoms with E-state index >= 15 is 0 Å². The molecule has 0 radical (unpaired) electrons. The first-order chi connectivity index (χ1) is 15.0. The monoisotopic (exact) mass is 427 g/mol. The van der Waals surface area contributed by atoms with E-state index in [1.165, 1.54) is 0 Å². The number of rotatable bonds is 9. The van der Waals surface area contributed by atoms with Crippen LogP contribution in [0.5, 0.6) is 17.2 Å². The molecule has 0 bridgehead atoms. The number of fused-ring (bicyclic) bond motifs is 1. The van der Waals surface area contributed by atoms with Crippen molar-refractivity contribution in [2.75, 3.05) is 44.6 Å². The smallest absolute Gasteiger partial charge is 0.251 e. The van der Waals surface area contributed by atoms with Gasteiger partial charge in [-0.1, -0.05) is 13.3 Å². The number of amides is 2. The molecule has 166 valence electrons. The van der Waals surface area contributed by atoms with Crippen molar-refractivity contribution in [3.8, 4) is 17.2 Å². The van der Waals surface area contributed by atoms with Gasteiger partial charge in [0, 0.05) is 24.2 Å². The Hall–Kier alpha value is -3.42. The summed E-state index contributed by atoms with van der Waals surface area (Å²) in [6, 6.07) is 9.05. The number of nitrogens with zero attached hydrogens (tertiary/aromatic N) is 1. The fourth-order valence-corrected chi connectivity index (χ4v) is 3.62. The quantitative estimate of drug-likeness (QED) is 0.598. The van der Waals surface area contributed by atoms with Crippen LogP contribution in [-0.2, 0) is 11.3 Å². The van der Waals surface area contributed by atoms with Crippen molar-refractivity contribution in [3.63, 3.8) is 0 Å². The van der Waals surface area contributed by atoms with Crippen molar-refractivity contribution < 1.29 is 23.8 Å². The Balaban J connectivity index is 1.88. The summed E-state index contributed by atoms with van der Waals surface area (Å²) in [5.41, 5.74) is 2.81. The molecule has 0 atom stereocenters. The molecule has 1 aliphatic rings. The highest BCUT2D eigenvalue weighted by Crippen LogP contribution is 2.41. The molecule has 0 saturated heterocycles. The third kappa shape index (κ3) is 4.84. The van der Waals surface area contributed by atoms with Gasteiger partial charge in [-0.3, -0.25) is 9.59 Å². The lowest BCUT2D eigenvalue weighted by molar-refractivity contribution is -0.115. The van der Waals surface area contributed by atoms with E-state index in [9.17, 15) is 9.59 Å². The average molecular weight is 428 g/mol. The summed E-state index contributed by atoms with van der Waals surface area (Å²) >= 11 is 0. The predicted molar refractivity (Wildman–Crippen MR) is 119 cm³/mol. The molecule has 2 N–H and O–H groups in total. The number of unbranched alkanes of at least 4 members (excludes halogenated alkanes) is 1. The Kier molecular flexibility index (Phi) is 7.23. The van der Waals surface area contributed by atoms with Crippen molar-refractivity contribution in [2.45, 2.75) is 26.3 Å². The molecule has 2 aromatic carbocycles. The largest absolute Gasteiger partial charge is 0.493 e. The number of carbonyl (C=O) groups is 2. The minimum atomic E-state index is -0.149. The van der Waals surface area contributed by atoms with E-state index < -0.39 is 0 Å². The summed E-state index contributed by atoms with van der Waals surface area (Å²) in [5.74, 6) is 1.34. The molecule has 1 aliphatic heterocycles. The van der Waals surface area contributed by atoms with Crippen LogP contribution in [0.3, 0.4) is 0 Å². The number of methoxy groups -OCH3 is 3.